The zero-order valence-electron chi connectivity index (χ0n) is 13.2. The quantitative estimate of drug-likeness (QED) is 0.775. The summed E-state index contributed by atoms with van der Waals surface area (Å²) in [5, 5.41) is 3.65. The van der Waals surface area contributed by atoms with Crippen LogP contribution in [0.1, 0.15) is 19.4 Å². The van der Waals surface area contributed by atoms with Gasteiger partial charge in [0.25, 0.3) is 0 Å². The first kappa shape index (κ1) is 17.7. The highest BCUT2D eigenvalue weighted by atomic mass is 35.5. The normalized spacial score (nSPS) is 11.7. The van der Waals surface area contributed by atoms with Crippen LogP contribution in [0.5, 0.6) is 0 Å². The van der Waals surface area contributed by atoms with E-state index in [1.165, 1.54) is 4.31 Å². The number of rotatable bonds is 7. The minimum atomic E-state index is -3.40. The minimum absolute atomic E-state index is 0.317. The molecule has 7 heteroatoms. The molecule has 0 aliphatic carbocycles. The van der Waals surface area contributed by atoms with Gasteiger partial charge >= 0.3 is 0 Å². The molecular weight excluding hydrogens is 334 g/mol. The fourth-order valence-electron chi connectivity index (χ4n) is 2.21. The summed E-state index contributed by atoms with van der Waals surface area (Å²) < 4.78 is 26.3. The van der Waals surface area contributed by atoms with E-state index >= 15 is 0 Å². The standard InChI is InChI=1S/C16H20ClN3O2S/c1-3-20(4-2)23(21,22)15-7-5-13(6-8-15)12-19-14-9-10-18-16(17)11-14/h5-11H,3-4,12H2,1-2H3,(H,18,19). The highest BCUT2D eigenvalue weighted by Crippen LogP contribution is 2.17. The molecule has 0 spiro atoms. The van der Waals surface area contributed by atoms with Crippen LogP contribution in [0.2, 0.25) is 5.15 Å². The molecule has 2 aromatic rings. The monoisotopic (exact) mass is 353 g/mol. The summed E-state index contributed by atoms with van der Waals surface area (Å²) >= 11 is 5.83. The molecule has 1 heterocycles. The molecule has 0 saturated heterocycles. The van der Waals surface area contributed by atoms with Crippen molar-refractivity contribution in [2.75, 3.05) is 18.4 Å². The summed E-state index contributed by atoms with van der Waals surface area (Å²) in [7, 11) is -3.40. The molecule has 0 fully saturated rings. The van der Waals surface area contributed by atoms with E-state index < -0.39 is 10.0 Å². The molecule has 0 unspecified atom stereocenters. The highest BCUT2D eigenvalue weighted by Gasteiger charge is 2.20. The van der Waals surface area contributed by atoms with Gasteiger partial charge in [0, 0.05) is 31.5 Å². The number of nitrogens with one attached hydrogen (secondary N) is 1. The Morgan fingerprint density at radius 3 is 2.35 bits per heavy atom. The number of benzene rings is 1. The number of hydrogen-bond acceptors (Lipinski definition) is 4. The van der Waals surface area contributed by atoms with Gasteiger partial charge in [-0.15, -0.1) is 0 Å². The maximum Gasteiger partial charge on any atom is 0.243 e. The van der Waals surface area contributed by atoms with Crippen LogP contribution in [-0.4, -0.2) is 30.8 Å². The van der Waals surface area contributed by atoms with Gasteiger partial charge in [-0.2, -0.15) is 4.31 Å². The van der Waals surface area contributed by atoms with Crippen molar-refractivity contribution in [2.45, 2.75) is 25.3 Å². The maximum absolute atomic E-state index is 12.4. The van der Waals surface area contributed by atoms with E-state index in [-0.39, 0.29) is 0 Å². The van der Waals surface area contributed by atoms with Gasteiger partial charge in [-0.3, -0.25) is 0 Å². The lowest BCUT2D eigenvalue weighted by molar-refractivity contribution is 0.445. The summed E-state index contributed by atoms with van der Waals surface area (Å²) in [4.78, 5) is 4.24. The van der Waals surface area contributed by atoms with E-state index in [9.17, 15) is 8.42 Å². The molecule has 0 saturated carbocycles. The first-order valence-corrected chi connectivity index (χ1v) is 9.23. The second-order valence-electron chi connectivity index (χ2n) is 4.95. The smallest absolute Gasteiger partial charge is 0.243 e. The Balaban J connectivity index is 2.08. The first-order chi connectivity index (χ1) is 11.0. The number of pyridine rings is 1. The Morgan fingerprint density at radius 1 is 1.13 bits per heavy atom. The molecule has 1 N–H and O–H groups in total. The van der Waals surface area contributed by atoms with Crippen molar-refractivity contribution >= 4 is 27.3 Å². The van der Waals surface area contributed by atoms with Crippen LogP contribution >= 0.6 is 11.6 Å². The van der Waals surface area contributed by atoms with Crippen LogP contribution < -0.4 is 5.32 Å². The Kier molecular flexibility index (Phi) is 5.98. The molecule has 124 valence electrons. The average molecular weight is 354 g/mol. The number of hydrogen-bond donors (Lipinski definition) is 1. The van der Waals surface area contributed by atoms with Crippen molar-refractivity contribution in [3.8, 4) is 0 Å². The zero-order chi connectivity index (χ0) is 16.9. The van der Waals surface area contributed by atoms with Gasteiger partial charge in [0.05, 0.1) is 4.90 Å². The van der Waals surface area contributed by atoms with E-state index in [1.54, 1.807) is 24.4 Å². The Bertz CT molecular complexity index is 744. The summed E-state index contributed by atoms with van der Waals surface area (Å²) in [6.45, 7) is 5.17. The minimum Gasteiger partial charge on any atom is -0.381 e. The van der Waals surface area contributed by atoms with Crippen LogP contribution in [0.25, 0.3) is 0 Å². The van der Waals surface area contributed by atoms with Gasteiger partial charge in [-0.1, -0.05) is 37.6 Å². The SMILES string of the molecule is CCN(CC)S(=O)(=O)c1ccc(CNc2ccnc(Cl)c2)cc1. The first-order valence-electron chi connectivity index (χ1n) is 7.42. The van der Waals surface area contributed by atoms with E-state index in [1.807, 2.05) is 32.0 Å². The van der Waals surface area contributed by atoms with Gasteiger partial charge in [-0.05, 0) is 29.8 Å². The predicted molar refractivity (Wildman–Crippen MR) is 93.1 cm³/mol. The predicted octanol–water partition coefficient (Wildman–Crippen LogP) is 3.38. The lowest BCUT2D eigenvalue weighted by Gasteiger charge is -2.18. The molecule has 1 aromatic heterocycles. The van der Waals surface area contributed by atoms with Crippen LogP contribution in [0.4, 0.5) is 5.69 Å². The highest BCUT2D eigenvalue weighted by molar-refractivity contribution is 7.89. The van der Waals surface area contributed by atoms with Gasteiger partial charge < -0.3 is 5.32 Å². The van der Waals surface area contributed by atoms with Crippen molar-refractivity contribution in [2.24, 2.45) is 0 Å². The number of aromatic nitrogens is 1. The maximum atomic E-state index is 12.4. The summed E-state index contributed by atoms with van der Waals surface area (Å²) in [5.74, 6) is 0. The van der Waals surface area contributed by atoms with Gasteiger partial charge in [0.2, 0.25) is 10.0 Å². The van der Waals surface area contributed by atoms with E-state index in [2.05, 4.69) is 10.3 Å². The second kappa shape index (κ2) is 7.77. The van der Waals surface area contributed by atoms with E-state index in [0.717, 1.165) is 11.3 Å². The number of anilines is 1. The van der Waals surface area contributed by atoms with Gasteiger partial charge in [0.1, 0.15) is 5.15 Å². The molecule has 0 radical (unpaired) electrons. The third-order valence-corrected chi connectivity index (χ3v) is 5.76. The van der Waals surface area contributed by atoms with Crippen LogP contribution in [0.15, 0.2) is 47.5 Å². The topological polar surface area (TPSA) is 62.3 Å². The van der Waals surface area contributed by atoms with Crippen LogP contribution in [0, 0.1) is 0 Å². The molecular formula is C16H20ClN3O2S. The van der Waals surface area contributed by atoms with Crippen molar-refractivity contribution in [3.05, 3.63) is 53.3 Å². The van der Waals surface area contributed by atoms with Crippen LogP contribution in [-0.2, 0) is 16.6 Å². The second-order valence-corrected chi connectivity index (χ2v) is 7.28. The van der Waals surface area contributed by atoms with E-state index in [4.69, 9.17) is 11.6 Å². The van der Waals surface area contributed by atoms with Crippen molar-refractivity contribution in [3.63, 3.8) is 0 Å². The Hall–Kier alpha value is -1.63. The molecule has 0 aliphatic heterocycles. The fourth-order valence-corrected chi connectivity index (χ4v) is 3.84. The van der Waals surface area contributed by atoms with Crippen molar-refractivity contribution < 1.29 is 8.42 Å². The molecule has 0 atom stereocenters. The summed E-state index contributed by atoms with van der Waals surface area (Å²) in [6.07, 6.45) is 1.63. The lowest BCUT2D eigenvalue weighted by atomic mass is 10.2. The van der Waals surface area contributed by atoms with Crippen molar-refractivity contribution in [1.29, 1.82) is 0 Å². The zero-order valence-corrected chi connectivity index (χ0v) is 14.7. The molecule has 0 aliphatic rings. The lowest BCUT2D eigenvalue weighted by Crippen LogP contribution is -2.30. The summed E-state index contributed by atoms with van der Waals surface area (Å²) in [5.41, 5.74) is 1.85. The Labute approximate surface area is 142 Å². The van der Waals surface area contributed by atoms with E-state index in [0.29, 0.717) is 29.7 Å². The molecule has 2 rings (SSSR count). The summed E-state index contributed by atoms with van der Waals surface area (Å²) in [6, 6.07) is 10.5. The average Bonchev–Trinajstić information content (AvgIpc) is 2.54. The third kappa shape index (κ3) is 4.43. The molecule has 23 heavy (non-hydrogen) atoms. The van der Waals surface area contributed by atoms with Gasteiger partial charge in [-0.25, -0.2) is 13.4 Å². The third-order valence-electron chi connectivity index (χ3n) is 3.49. The molecule has 0 bridgehead atoms. The number of nitrogens with zero attached hydrogens (tertiary/aromatic N) is 2. The van der Waals surface area contributed by atoms with Crippen LogP contribution in [0.3, 0.4) is 0 Å². The van der Waals surface area contributed by atoms with Crippen molar-refractivity contribution in [1.82, 2.24) is 9.29 Å². The Morgan fingerprint density at radius 2 is 1.78 bits per heavy atom. The van der Waals surface area contributed by atoms with Gasteiger partial charge in [0.15, 0.2) is 0 Å². The molecule has 1 aromatic carbocycles. The fraction of sp³-hybridized carbons (Fsp3) is 0.312. The molecule has 0 amide bonds. The number of sulfonamides is 1. The molecule has 5 nitrogen and oxygen atoms in total. The number of halogens is 1. The largest absolute Gasteiger partial charge is 0.381 e.